The number of anilines is 1. The standard InChI is InChI=1S/C24H23BrN2O4S/c25-19-12-14-21(15-13-19)32(29,30)27-16-6-7-18(17-27)24(28)26-22-10-4-5-11-23(22)31-20-8-2-1-3-9-20/h1-5,8-15,18H,6-7,16-17H2,(H,26,28)/t18-/m1/s1. The highest BCUT2D eigenvalue weighted by molar-refractivity contribution is 9.10. The highest BCUT2D eigenvalue weighted by Gasteiger charge is 2.33. The fraction of sp³-hybridized carbons (Fsp3) is 0.208. The smallest absolute Gasteiger partial charge is 0.243 e. The van der Waals surface area contributed by atoms with Crippen LogP contribution in [0.3, 0.4) is 0 Å². The molecule has 1 aliphatic heterocycles. The van der Waals surface area contributed by atoms with Gasteiger partial charge in [0.25, 0.3) is 0 Å². The van der Waals surface area contributed by atoms with Crippen LogP contribution in [0.4, 0.5) is 5.69 Å². The molecule has 0 radical (unpaired) electrons. The van der Waals surface area contributed by atoms with Crippen molar-refractivity contribution in [2.75, 3.05) is 18.4 Å². The van der Waals surface area contributed by atoms with Gasteiger partial charge in [0.1, 0.15) is 5.75 Å². The zero-order valence-electron chi connectivity index (χ0n) is 17.3. The summed E-state index contributed by atoms with van der Waals surface area (Å²) in [4.78, 5) is 13.3. The second-order valence-corrected chi connectivity index (χ2v) is 10.4. The quantitative estimate of drug-likeness (QED) is 0.485. The summed E-state index contributed by atoms with van der Waals surface area (Å²) in [5, 5.41) is 2.93. The van der Waals surface area contributed by atoms with E-state index in [2.05, 4.69) is 21.2 Å². The van der Waals surface area contributed by atoms with E-state index < -0.39 is 15.9 Å². The SMILES string of the molecule is O=C(Nc1ccccc1Oc1ccccc1)[C@@H]1CCCN(S(=O)(=O)c2ccc(Br)cc2)C1. The molecule has 0 spiro atoms. The number of nitrogens with zero attached hydrogens (tertiary/aromatic N) is 1. The van der Waals surface area contributed by atoms with Crippen LogP contribution >= 0.6 is 15.9 Å². The van der Waals surface area contributed by atoms with Crippen molar-refractivity contribution in [2.45, 2.75) is 17.7 Å². The van der Waals surface area contributed by atoms with Gasteiger partial charge in [0.2, 0.25) is 15.9 Å². The van der Waals surface area contributed by atoms with Gasteiger partial charge in [-0.05, 0) is 61.4 Å². The number of carbonyl (C=O) groups is 1. The minimum atomic E-state index is -3.66. The minimum Gasteiger partial charge on any atom is -0.455 e. The molecular weight excluding hydrogens is 492 g/mol. The van der Waals surface area contributed by atoms with Crippen LogP contribution in [0.15, 0.2) is 88.2 Å². The predicted octanol–water partition coefficient (Wildman–Crippen LogP) is 5.28. The summed E-state index contributed by atoms with van der Waals surface area (Å²) in [6.07, 6.45) is 1.25. The fourth-order valence-electron chi connectivity index (χ4n) is 3.64. The van der Waals surface area contributed by atoms with E-state index in [1.165, 1.54) is 4.31 Å². The molecule has 6 nitrogen and oxygen atoms in total. The zero-order valence-corrected chi connectivity index (χ0v) is 19.7. The second-order valence-electron chi connectivity index (χ2n) is 7.56. The average molecular weight is 515 g/mol. The van der Waals surface area contributed by atoms with Gasteiger partial charge in [-0.25, -0.2) is 8.42 Å². The molecule has 0 unspecified atom stereocenters. The van der Waals surface area contributed by atoms with Crippen LogP contribution < -0.4 is 10.1 Å². The highest BCUT2D eigenvalue weighted by atomic mass is 79.9. The maximum atomic E-state index is 13.0. The molecule has 32 heavy (non-hydrogen) atoms. The number of hydrogen-bond donors (Lipinski definition) is 1. The summed E-state index contributed by atoms with van der Waals surface area (Å²) in [6, 6.07) is 23.1. The van der Waals surface area contributed by atoms with Crippen molar-refractivity contribution < 1.29 is 17.9 Å². The van der Waals surface area contributed by atoms with Gasteiger partial charge in [-0.3, -0.25) is 4.79 Å². The Hall–Kier alpha value is -2.68. The number of benzene rings is 3. The van der Waals surface area contributed by atoms with E-state index in [1.807, 2.05) is 42.5 Å². The number of hydrogen-bond acceptors (Lipinski definition) is 4. The molecular formula is C24H23BrN2O4S. The van der Waals surface area contributed by atoms with Crippen LogP contribution in [0.1, 0.15) is 12.8 Å². The predicted molar refractivity (Wildman–Crippen MR) is 127 cm³/mol. The first-order valence-electron chi connectivity index (χ1n) is 10.3. The van der Waals surface area contributed by atoms with Gasteiger partial charge in [-0.15, -0.1) is 0 Å². The lowest BCUT2D eigenvalue weighted by Crippen LogP contribution is -2.43. The normalized spacial score (nSPS) is 17.0. The summed E-state index contributed by atoms with van der Waals surface area (Å²) < 4.78 is 34.2. The Morgan fingerprint density at radius 3 is 2.41 bits per heavy atom. The Morgan fingerprint density at radius 2 is 1.66 bits per heavy atom. The Labute approximate surface area is 196 Å². The van der Waals surface area contributed by atoms with Crippen molar-refractivity contribution in [2.24, 2.45) is 5.92 Å². The van der Waals surface area contributed by atoms with Gasteiger partial charge < -0.3 is 10.1 Å². The lowest BCUT2D eigenvalue weighted by atomic mass is 9.98. The molecule has 1 heterocycles. The lowest BCUT2D eigenvalue weighted by molar-refractivity contribution is -0.120. The topological polar surface area (TPSA) is 75.7 Å². The fourth-order valence-corrected chi connectivity index (χ4v) is 5.43. The number of carbonyl (C=O) groups excluding carboxylic acids is 1. The van der Waals surface area contributed by atoms with Gasteiger partial charge in [0, 0.05) is 17.6 Å². The van der Waals surface area contributed by atoms with Crippen LogP contribution in [0.2, 0.25) is 0 Å². The third kappa shape index (κ3) is 5.20. The van der Waals surface area contributed by atoms with Crippen molar-refractivity contribution in [3.05, 3.63) is 83.3 Å². The Bertz CT molecular complexity index is 1180. The van der Waals surface area contributed by atoms with E-state index in [9.17, 15) is 13.2 Å². The highest BCUT2D eigenvalue weighted by Crippen LogP contribution is 2.31. The first kappa shape index (κ1) is 22.5. The van der Waals surface area contributed by atoms with Crippen LogP contribution in [0.5, 0.6) is 11.5 Å². The Kier molecular flexibility index (Phi) is 6.93. The molecule has 0 bridgehead atoms. The summed E-state index contributed by atoms with van der Waals surface area (Å²) >= 11 is 3.32. The first-order valence-corrected chi connectivity index (χ1v) is 12.6. The summed E-state index contributed by atoms with van der Waals surface area (Å²) in [5.74, 6) is 0.532. The van der Waals surface area contributed by atoms with Crippen molar-refractivity contribution in [1.82, 2.24) is 4.31 Å². The third-order valence-electron chi connectivity index (χ3n) is 5.32. The molecule has 0 aromatic heterocycles. The largest absolute Gasteiger partial charge is 0.455 e. The van der Waals surface area contributed by atoms with E-state index in [0.717, 1.165) is 4.47 Å². The molecule has 0 saturated carbocycles. The molecule has 4 rings (SSSR count). The maximum absolute atomic E-state index is 13.0. The molecule has 1 saturated heterocycles. The molecule has 8 heteroatoms. The molecule has 1 amide bonds. The van der Waals surface area contributed by atoms with E-state index in [4.69, 9.17) is 4.74 Å². The zero-order chi connectivity index (χ0) is 22.6. The van der Waals surface area contributed by atoms with E-state index >= 15 is 0 Å². The van der Waals surface area contributed by atoms with Crippen LogP contribution in [0.25, 0.3) is 0 Å². The van der Waals surface area contributed by atoms with Gasteiger partial charge in [0.15, 0.2) is 5.75 Å². The molecule has 1 aliphatic rings. The molecule has 0 aliphatic carbocycles. The second kappa shape index (κ2) is 9.85. The minimum absolute atomic E-state index is 0.145. The molecule has 3 aromatic rings. The number of halogens is 1. The number of para-hydroxylation sites is 3. The van der Waals surface area contributed by atoms with E-state index in [0.29, 0.717) is 36.6 Å². The summed E-state index contributed by atoms with van der Waals surface area (Å²) in [7, 11) is -3.66. The average Bonchev–Trinajstić information content (AvgIpc) is 2.81. The van der Waals surface area contributed by atoms with Crippen molar-refractivity contribution in [3.63, 3.8) is 0 Å². The Morgan fingerprint density at radius 1 is 0.969 bits per heavy atom. The number of rotatable bonds is 6. The molecule has 1 fully saturated rings. The molecule has 166 valence electrons. The monoisotopic (exact) mass is 514 g/mol. The van der Waals surface area contributed by atoms with Gasteiger partial charge in [0.05, 0.1) is 16.5 Å². The van der Waals surface area contributed by atoms with E-state index in [1.54, 1.807) is 36.4 Å². The Balaban J connectivity index is 1.47. The van der Waals surface area contributed by atoms with Crippen LogP contribution in [-0.4, -0.2) is 31.7 Å². The summed E-state index contributed by atoms with van der Waals surface area (Å²) in [5.41, 5.74) is 0.550. The van der Waals surface area contributed by atoms with Crippen molar-refractivity contribution in [1.29, 1.82) is 0 Å². The van der Waals surface area contributed by atoms with Crippen molar-refractivity contribution in [3.8, 4) is 11.5 Å². The van der Waals surface area contributed by atoms with Gasteiger partial charge in [-0.2, -0.15) is 4.31 Å². The van der Waals surface area contributed by atoms with Gasteiger partial charge in [-0.1, -0.05) is 46.3 Å². The first-order chi connectivity index (χ1) is 15.4. The van der Waals surface area contributed by atoms with Crippen LogP contribution in [0, 0.1) is 5.92 Å². The van der Waals surface area contributed by atoms with Crippen LogP contribution in [-0.2, 0) is 14.8 Å². The number of piperidine rings is 1. The van der Waals surface area contributed by atoms with E-state index in [-0.39, 0.29) is 17.3 Å². The number of ether oxygens (including phenoxy) is 1. The summed E-state index contributed by atoms with van der Waals surface area (Å²) in [6.45, 7) is 0.543. The van der Waals surface area contributed by atoms with Crippen molar-refractivity contribution >= 4 is 37.5 Å². The molecule has 1 N–H and O–H groups in total. The molecule has 3 aromatic carbocycles. The van der Waals surface area contributed by atoms with Gasteiger partial charge >= 0.3 is 0 Å². The number of amides is 1. The third-order valence-corrected chi connectivity index (χ3v) is 7.73. The number of nitrogens with one attached hydrogen (secondary N) is 1. The lowest BCUT2D eigenvalue weighted by Gasteiger charge is -2.31. The molecule has 1 atom stereocenters. The number of sulfonamides is 1. The maximum Gasteiger partial charge on any atom is 0.243 e.